The number of fused-ring (bicyclic) bond motifs is 2. The number of hydrogen-bond acceptors (Lipinski definition) is 11. The Morgan fingerprint density at radius 3 is 2.17 bits per heavy atom. The van der Waals surface area contributed by atoms with Crippen LogP contribution in [0.25, 0.3) is 21.7 Å². The van der Waals surface area contributed by atoms with Gasteiger partial charge in [0.05, 0.1) is 11.1 Å². The van der Waals surface area contributed by atoms with Crippen LogP contribution in [0.1, 0.15) is 43.6 Å². The third-order valence-corrected chi connectivity index (χ3v) is 7.56. The molecule has 2 heterocycles. The lowest BCUT2D eigenvalue weighted by Gasteiger charge is -2.44. The molecule has 1 aliphatic rings. The molecular formula is C34H34N2O11. The van der Waals surface area contributed by atoms with Crippen molar-refractivity contribution in [1.29, 1.82) is 0 Å². The monoisotopic (exact) mass is 646 g/mol. The van der Waals surface area contributed by atoms with E-state index in [9.17, 15) is 29.1 Å². The Bertz CT molecular complexity index is 1850. The Morgan fingerprint density at radius 2 is 1.49 bits per heavy atom. The highest BCUT2D eigenvalue weighted by Gasteiger charge is 2.52. The molecule has 13 heteroatoms. The Balaban J connectivity index is 1.52. The molecule has 3 aromatic carbocycles. The molecular weight excluding hydrogens is 612 g/mol. The molecule has 5 rings (SSSR count). The first-order chi connectivity index (χ1) is 22.4. The van der Waals surface area contributed by atoms with Gasteiger partial charge in [0.2, 0.25) is 6.29 Å². The van der Waals surface area contributed by atoms with E-state index in [0.29, 0.717) is 17.4 Å². The molecule has 0 spiro atoms. The first-order valence-corrected chi connectivity index (χ1v) is 14.8. The molecule has 47 heavy (non-hydrogen) atoms. The zero-order valence-electron chi connectivity index (χ0n) is 26.1. The predicted molar refractivity (Wildman–Crippen MR) is 166 cm³/mol. The first kappa shape index (κ1) is 32.9. The van der Waals surface area contributed by atoms with Gasteiger partial charge in [0.25, 0.3) is 5.91 Å². The van der Waals surface area contributed by atoms with Gasteiger partial charge < -0.3 is 38.7 Å². The van der Waals surface area contributed by atoms with Crippen LogP contribution in [0.15, 0.2) is 66.9 Å². The molecule has 1 saturated heterocycles. The maximum atomic E-state index is 14.0. The third kappa shape index (κ3) is 7.69. The number of carbonyl (C=O) groups excluding carboxylic acids is 5. The minimum atomic E-state index is -1.54. The van der Waals surface area contributed by atoms with Crippen LogP contribution in [0.4, 0.5) is 0 Å². The number of nitrogens with zero attached hydrogens (tertiary/aromatic N) is 1. The molecule has 1 amide bonds. The summed E-state index contributed by atoms with van der Waals surface area (Å²) >= 11 is 0. The number of hydrogen-bond donors (Lipinski definition) is 2. The Hall–Kier alpha value is -5.43. The van der Waals surface area contributed by atoms with E-state index in [4.69, 9.17) is 23.7 Å². The van der Waals surface area contributed by atoms with Gasteiger partial charge >= 0.3 is 23.9 Å². The average Bonchev–Trinajstić information content (AvgIpc) is 3.35. The van der Waals surface area contributed by atoms with Gasteiger partial charge in [-0.25, -0.2) is 0 Å². The van der Waals surface area contributed by atoms with Crippen LogP contribution in [0, 0.1) is 0 Å². The quantitative estimate of drug-likeness (QED) is 0.202. The van der Waals surface area contributed by atoms with Crippen molar-refractivity contribution >= 4 is 51.5 Å². The molecule has 1 aliphatic heterocycles. The smallest absolute Gasteiger partial charge is 0.305 e. The summed E-state index contributed by atoms with van der Waals surface area (Å²) in [6.45, 7) is 4.46. The number of aromatic hydroxyl groups is 1. The van der Waals surface area contributed by atoms with Gasteiger partial charge in [-0.05, 0) is 34.5 Å². The van der Waals surface area contributed by atoms with Gasteiger partial charge in [-0.3, -0.25) is 24.0 Å². The highest BCUT2D eigenvalue weighted by atomic mass is 16.7. The molecule has 5 atom stereocenters. The summed E-state index contributed by atoms with van der Waals surface area (Å²) in [5, 5.41) is 15.7. The lowest BCUT2D eigenvalue weighted by molar-refractivity contribution is -0.270. The van der Waals surface area contributed by atoms with Crippen molar-refractivity contribution in [3.63, 3.8) is 0 Å². The van der Waals surface area contributed by atoms with Gasteiger partial charge in [0.15, 0.2) is 12.2 Å². The second-order valence-corrected chi connectivity index (χ2v) is 11.2. The molecule has 1 unspecified atom stereocenters. The first-order valence-electron chi connectivity index (χ1n) is 14.8. The van der Waals surface area contributed by atoms with E-state index in [1.54, 1.807) is 12.3 Å². The molecule has 1 fully saturated rings. The van der Waals surface area contributed by atoms with Crippen molar-refractivity contribution in [2.45, 2.75) is 64.9 Å². The summed E-state index contributed by atoms with van der Waals surface area (Å²) in [4.78, 5) is 62.1. The zero-order valence-corrected chi connectivity index (χ0v) is 26.1. The highest BCUT2D eigenvalue weighted by Crippen LogP contribution is 2.31. The number of amides is 1. The lowest BCUT2D eigenvalue weighted by atomic mass is 9.95. The normalized spacial score (nSPS) is 20.7. The maximum Gasteiger partial charge on any atom is 0.305 e. The largest absolute Gasteiger partial charge is 0.508 e. The Labute approximate surface area is 269 Å². The molecule has 1 aromatic heterocycles. The maximum absolute atomic E-state index is 14.0. The number of aromatic nitrogens is 1. The summed E-state index contributed by atoms with van der Waals surface area (Å²) in [6, 6.07) is 17.1. The van der Waals surface area contributed by atoms with Gasteiger partial charge in [0, 0.05) is 51.9 Å². The minimum absolute atomic E-state index is 0.00381. The minimum Gasteiger partial charge on any atom is -0.508 e. The Morgan fingerprint density at radius 1 is 0.809 bits per heavy atom. The number of esters is 4. The SMILES string of the molecule is CC(=O)OC[C@H]1OC(OC(C)=O)[C@H](NC(=O)c2cn(Cc3ccc4ccccc4c3)c3cc(O)ccc23)[C@@H](OC(C)=O)[C@@H]1OC(C)=O. The number of ether oxygens (including phenoxy) is 5. The van der Waals surface area contributed by atoms with Gasteiger partial charge in [-0.2, -0.15) is 0 Å². The zero-order chi connectivity index (χ0) is 33.8. The van der Waals surface area contributed by atoms with Crippen LogP contribution in [0.2, 0.25) is 0 Å². The number of rotatable bonds is 9. The van der Waals surface area contributed by atoms with Crippen LogP contribution in [-0.2, 0) is 49.4 Å². The van der Waals surface area contributed by atoms with E-state index in [1.165, 1.54) is 12.1 Å². The van der Waals surface area contributed by atoms with E-state index in [1.807, 2.05) is 47.0 Å². The second kappa shape index (κ2) is 13.9. The standard InChI is InChI=1S/C34H34N2O11/c1-18(37)43-17-29-31(44-19(2)38)32(45-20(3)39)30(34(47-29)46-21(4)40)35-33(42)27-16-36(28-14-25(41)11-12-26(27)28)15-22-9-10-23-7-5-6-8-24(23)13-22/h5-14,16,29-32,34,41H,15,17H2,1-4H3,(H,35,42)/t29-,30-,31-,32-,34?/m1/s1. The van der Waals surface area contributed by atoms with E-state index < -0.39 is 67.0 Å². The summed E-state index contributed by atoms with van der Waals surface area (Å²) in [7, 11) is 0. The summed E-state index contributed by atoms with van der Waals surface area (Å²) in [6.07, 6.45) is -3.93. The van der Waals surface area contributed by atoms with Crippen LogP contribution < -0.4 is 5.32 Å². The predicted octanol–water partition coefficient (Wildman–Crippen LogP) is 3.36. The average molecular weight is 647 g/mol. The fourth-order valence-corrected chi connectivity index (χ4v) is 5.68. The van der Waals surface area contributed by atoms with Crippen molar-refractivity contribution in [1.82, 2.24) is 9.88 Å². The molecule has 0 aliphatic carbocycles. The molecule has 13 nitrogen and oxygen atoms in total. The number of carbonyl (C=O) groups is 5. The fraction of sp³-hybridized carbons (Fsp3) is 0.324. The molecule has 246 valence electrons. The summed E-state index contributed by atoms with van der Waals surface area (Å²) < 4.78 is 29.2. The van der Waals surface area contributed by atoms with Crippen LogP contribution in [0.3, 0.4) is 0 Å². The molecule has 0 bridgehead atoms. The van der Waals surface area contributed by atoms with E-state index in [-0.39, 0.29) is 11.3 Å². The fourth-order valence-electron chi connectivity index (χ4n) is 5.68. The van der Waals surface area contributed by atoms with E-state index in [2.05, 4.69) is 5.32 Å². The molecule has 0 saturated carbocycles. The highest BCUT2D eigenvalue weighted by molar-refractivity contribution is 6.07. The Kier molecular flexibility index (Phi) is 9.75. The van der Waals surface area contributed by atoms with Crippen molar-refractivity contribution in [2.24, 2.45) is 0 Å². The van der Waals surface area contributed by atoms with E-state index in [0.717, 1.165) is 44.0 Å². The number of phenols is 1. The van der Waals surface area contributed by atoms with Crippen molar-refractivity contribution in [3.8, 4) is 5.75 Å². The summed E-state index contributed by atoms with van der Waals surface area (Å²) in [5.41, 5.74) is 1.70. The topological polar surface area (TPSA) is 169 Å². The van der Waals surface area contributed by atoms with Gasteiger partial charge in [0.1, 0.15) is 24.5 Å². The molecule has 2 N–H and O–H groups in total. The number of benzene rings is 3. The third-order valence-electron chi connectivity index (χ3n) is 7.56. The lowest BCUT2D eigenvalue weighted by Crippen LogP contribution is -2.67. The van der Waals surface area contributed by atoms with E-state index >= 15 is 0 Å². The van der Waals surface area contributed by atoms with Crippen molar-refractivity contribution in [3.05, 3.63) is 78.0 Å². The van der Waals surface area contributed by atoms with Crippen LogP contribution >= 0.6 is 0 Å². The second-order valence-electron chi connectivity index (χ2n) is 11.2. The van der Waals surface area contributed by atoms with Crippen LogP contribution in [-0.4, -0.2) is 76.7 Å². The van der Waals surface area contributed by atoms with Gasteiger partial charge in [-0.15, -0.1) is 0 Å². The van der Waals surface area contributed by atoms with Gasteiger partial charge in [-0.1, -0.05) is 36.4 Å². The molecule has 0 radical (unpaired) electrons. The van der Waals surface area contributed by atoms with Crippen LogP contribution in [0.5, 0.6) is 5.75 Å². The number of nitrogens with one attached hydrogen (secondary N) is 1. The molecule has 4 aromatic rings. The number of phenolic OH excluding ortho intramolecular Hbond substituents is 1. The summed E-state index contributed by atoms with van der Waals surface area (Å²) in [5.74, 6) is -3.67. The van der Waals surface area contributed by atoms with Crippen molar-refractivity contribution in [2.75, 3.05) is 6.61 Å². The van der Waals surface area contributed by atoms with Crippen molar-refractivity contribution < 1.29 is 52.8 Å².